The van der Waals surface area contributed by atoms with E-state index in [0.717, 1.165) is 30.6 Å². The van der Waals surface area contributed by atoms with Gasteiger partial charge in [-0.3, -0.25) is 4.79 Å². The predicted octanol–water partition coefficient (Wildman–Crippen LogP) is 3.14. The maximum Gasteiger partial charge on any atom is 0.257 e. The van der Waals surface area contributed by atoms with E-state index >= 15 is 0 Å². The lowest BCUT2D eigenvalue weighted by atomic mass is 10.0. The standard InChI is InChI=1S/C18H22FN3O2/c1-11-9-14(19)6-7-16(11)22-8-4-5-15(10-22)20-18(23)17-12(2)21-24-13(17)3/h6-7,9,15H,4-5,8,10H2,1-3H3,(H,20,23)/t15-/m1/s1. The van der Waals surface area contributed by atoms with E-state index < -0.39 is 0 Å². The number of rotatable bonds is 3. The molecule has 3 rings (SSSR count). The second-order valence-electron chi connectivity index (χ2n) is 6.39. The first-order valence-corrected chi connectivity index (χ1v) is 8.20. The van der Waals surface area contributed by atoms with Crippen molar-refractivity contribution in [1.82, 2.24) is 10.5 Å². The lowest BCUT2D eigenvalue weighted by Gasteiger charge is -2.35. The maximum atomic E-state index is 13.3. The summed E-state index contributed by atoms with van der Waals surface area (Å²) in [4.78, 5) is 14.7. The number of piperidine rings is 1. The fraction of sp³-hybridized carbons (Fsp3) is 0.444. The quantitative estimate of drug-likeness (QED) is 0.939. The molecule has 1 atom stereocenters. The minimum atomic E-state index is -0.225. The first kappa shape index (κ1) is 16.5. The van der Waals surface area contributed by atoms with Crippen LogP contribution in [0.25, 0.3) is 0 Å². The van der Waals surface area contributed by atoms with Crippen molar-refractivity contribution in [3.63, 3.8) is 0 Å². The van der Waals surface area contributed by atoms with E-state index in [4.69, 9.17) is 4.52 Å². The summed E-state index contributed by atoms with van der Waals surface area (Å²) in [5.41, 5.74) is 3.05. The molecule has 0 saturated carbocycles. The van der Waals surface area contributed by atoms with Gasteiger partial charge in [0.15, 0.2) is 0 Å². The van der Waals surface area contributed by atoms with Crippen LogP contribution in [0.4, 0.5) is 10.1 Å². The molecule has 5 nitrogen and oxygen atoms in total. The van der Waals surface area contributed by atoms with Crippen molar-refractivity contribution < 1.29 is 13.7 Å². The molecule has 0 radical (unpaired) electrons. The normalized spacial score (nSPS) is 17.8. The molecule has 0 aliphatic carbocycles. The van der Waals surface area contributed by atoms with Gasteiger partial charge in [0, 0.05) is 24.8 Å². The van der Waals surface area contributed by atoms with Crippen LogP contribution in [0.2, 0.25) is 0 Å². The Balaban J connectivity index is 1.71. The molecule has 1 saturated heterocycles. The third-order valence-corrected chi connectivity index (χ3v) is 4.52. The van der Waals surface area contributed by atoms with Crippen molar-refractivity contribution in [2.75, 3.05) is 18.0 Å². The molecule has 1 aromatic carbocycles. The van der Waals surface area contributed by atoms with Crippen molar-refractivity contribution in [2.45, 2.75) is 39.7 Å². The number of nitrogens with zero attached hydrogens (tertiary/aromatic N) is 2. The zero-order valence-corrected chi connectivity index (χ0v) is 14.2. The largest absolute Gasteiger partial charge is 0.369 e. The summed E-state index contributed by atoms with van der Waals surface area (Å²) >= 11 is 0. The minimum absolute atomic E-state index is 0.0457. The maximum absolute atomic E-state index is 13.3. The molecule has 1 aliphatic heterocycles. The summed E-state index contributed by atoms with van der Waals surface area (Å²) in [6.07, 6.45) is 1.90. The number of amides is 1. The van der Waals surface area contributed by atoms with Crippen LogP contribution >= 0.6 is 0 Å². The van der Waals surface area contributed by atoms with Gasteiger partial charge in [-0.15, -0.1) is 0 Å². The van der Waals surface area contributed by atoms with Crippen LogP contribution in [-0.4, -0.2) is 30.2 Å². The number of nitrogens with one attached hydrogen (secondary N) is 1. The highest BCUT2D eigenvalue weighted by Crippen LogP contribution is 2.25. The Labute approximate surface area is 140 Å². The number of hydrogen-bond donors (Lipinski definition) is 1. The average Bonchev–Trinajstić information content (AvgIpc) is 2.86. The molecule has 2 heterocycles. The van der Waals surface area contributed by atoms with Gasteiger partial charge in [0.1, 0.15) is 17.1 Å². The molecule has 1 fully saturated rings. The summed E-state index contributed by atoms with van der Waals surface area (Å²) in [5, 5.41) is 6.91. The van der Waals surface area contributed by atoms with E-state index in [-0.39, 0.29) is 17.8 Å². The molecule has 1 aromatic heterocycles. The molecule has 1 N–H and O–H groups in total. The number of aryl methyl sites for hydroxylation is 3. The van der Waals surface area contributed by atoms with Gasteiger partial charge in [-0.1, -0.05) is 5.16 Å². The Hall–Kier alpha value is -2.37. The van der Waals surface area contributed by atoms with Crippen LogP contribution < -0.4 is 10.2 Å². The predicted molar refractivity (Wildman–Crippen MR) is 89.8 cm³/mol. The molecule has 2 aromatic rings. The van der Waals surface area contributed by atoms with Crippen molar-refractivity contribution >= 4 is 11.6 Å². The molecule has 1 aliphatic rings. The highest BCUT2D eigenvalue weighted by Gasteiger charge is 2.25. The fourth-order valence-electron chi connectivity index (χ4n) is 3.35. The SMILES string of the molecule is Cc1cc(F)ccc1N1CCC[C@@H](NC(=O)c2c(C)noc2C)C1. The number of hydrogen-bond acceptors (Lipinski definition) is 4. The zero-order valence-electron chi connectivity index (χ0n) is 14.2. The van der Waals surface area contributed by atoms with Crippen molar-refractivity contribution in [1.29, 1.82) is 0 Å². The van der Waals surface area contributed by atoms with Gasteiger partial charge in [-0.05, 0) is 57.4 Å². The van der Waals surface area contributed by atoms with Gasteiger partial charge in [-0.2, -0.15) is 0 Å². The van der Waals surface area contributed by atoms with E-state index in [2.05, 4.69) is 15.4 Å². The molecule has 1 amide bonds. The molecular formula is C18H22FN3O2. The Morgan fingerprint density at radius 2 is 2.17 bits per heavy atom. The van der Waals surface area contributed by atoms with Crippen molar-refractivity contribution in [3.8, 4) is 0 Å². The fourth-order valence-corrected chi connectivity index (χ4v) is 3.35. The molecule has 0 unspecified atom stereocenters. The number of aromatic nitrogens is 1. The van der Waals surface area contributed by atoms with E-state index in [1.165, 1.54) is 6.07 Å². The summed E-state index contributed by atoms with van der Waals surface area (Å²) < 4.78 is 18.4. The van der Waals surface area contributed by atoms with E-state index in [1.54, 1.807) is 19.9 Å². The Morgan fingerprint density at radius 1 is 1.38 bits per heavy atom. The van der Waals surface area contributed by atoms with Gasteiger partial charge in [0.2, 0.25) is 0 Å². The number of halogens is 1. The van der Waals surface area contributed by atoms with Crippen molar-refractivity contribution in [3.05, 3.63) is 46.6 Å². The molecule has 128 valence electrons. The highest BCUT2D eigenvalue weighted by atomic mass is 19.1. The van der Waals surface area contributed by atoms with Crippen LogP contribution in [0.15, 0.2) is 22.7 Å². The van der Waals surface area contributed by atoms with Gasteiger partial charge in [0.25, 0.3) is 5.91 Å². The smallest absolute Gasteiger partial charge is 0.257 e. The van der Waals surface area contributed by atoms with E-state index in [9.17, 15) is 9.18 Å². The summed E-state index contributed by atoms with van der Waals surface area (Å²) in [7, 11) is 0. The minimum Gasteiger partial charge on any atom is -0.369 e. The van der Waals surface area contributed by atoms with Crippen LogP contribution in [0, 0.1) is 26.6 Å². The van der Waals surface area contributed by atoms with Crippen LogP contribution in [-0.2, 0) is 0 Å². The Morgan fingerprint density at radius 3 is 2.83 bits per heavy atom. The third kappa shape index (κ3) is 3.27. The first-order valence-electron chi connectivity index (χ1n) is 8.20. The van der Waals surface area contributed by atoms with Crippen LogP contribution in [0.3, 0.4) is 0 Å². The van der Waals surface area contributed by atoms with E-state index in [0.29, 0.717) is 23.6 Å². The monoisotopic (exact) mass is 331 g/mol. The Bertz CT molecular complexity index is 737. The van der Waals surface area contributed by atoms with Crippen LogP contribution in [0.5, 0.6) is 0 Å². The average molecular weight is 331 g/mol. The van der Waals surface area contributed by atoms with E-state index in [1.807, 2.05) is 13.0 Å². The van der Waals surface area contributed by atoms with Gasteiger partial charge in [0.05, 0.1) is 5.69 Å². The van der Waals surface area contributed by atoms with Crippen LogP contribution in [0.1, 0.15) is 40.2 Å². The number of anilines is 1. The van der Waals surface area contributed by atoms with Crippen molar-refractivity contribution in [2.24, 2.45) is 0 Å². The van der Waals surface area contributed by atoms with Gasteiger partial charge >= 0.3 is 0 Å². The molecule has 24 heavy (non-hydrogen) atoms. The molecule has 6 heteroatoms. The summed E-state index contributed by atoms with van der Waals surface area (Å²) in [6, 6.07) is 4.88. The number of carbonyl (C=O) groups is 1. The first-order chi connectivity index (χ1) is 11.5. The third-order valence-electron chi connectivity index (χ3n) is 4.52. The second kappa shape index (κ2) is 6.63. The van der Waals surface area contributed by atoms with Gasteiger partial charge in [-0.25, -0.2) is 4.39 Å². The second-order valence-corrected chi connectivity index (χ2v) is 6.39. The molecule has 0 bridgehead atoms. The zero-order chi connectivity index (χ0) is 17.3. The molecule has 0 spiro atoms. The topological polar surface area (TPSA) is 58.4 Å². The summed E-state index contributed by atoms with van der Waals surface area (Å²) in [5.74, 6) is 0.164. The summed E-state index contributed by atoms with van der Waals surface area (Å²) in [6.45, 7) is 7.03. The number of carbonyl (C=O) groups excluding carboxylic acids is 1. The van der Waals surface area contributed by atoms with Gasteiger partial charge < -0.3 is 14.7 Å². The molecular weight excluding hydrogens is 309 g/mol. The Kier molecular flexibility index (Phi) is 4.55. The number of benzene rings is 1. The lowest BCUT2D eigenvalue weighted by molar-refractivity contribution is 0.0931. The lowest BCUT2D eigenvalue weighted by Crippen LogP contribution is -2.48. The highest BCUT2D eigenvalue weighted by molar-refractivity contribution is 5.96.